The topological polar surface area (TPSA) is 177 Å². The highest BCUT2D eigenvalue weighted by molar-refractivity contribution is 6.30. The molecule has 1 aliphatic rings. The van der Waals surface area contributed by atoms with Crippen LogP contribution in [0, 0.1) is 5.92 Å². The van der Waals surface area contributed by atoms with Crippen LogP contribution < -0.4 is 26.0 Å². The fourth-order valence-corrected chi connectivity index (χ4v) is 5.09. The Hall–Kier alpha value is -4.49. The fraction of sp³-hybridized carbons (Fsp3) is 0.438. The van der Waals surface area contributed by atoms with Crippen LogP contribution in [0.25, 0.3) is 0 Å². The lowest BCUT2D eigenvalue weighted by Crippen LogP contribution is -2.60. The van der Waals surface area contributed by atoms with Crippen molar-refractivity contribution in [2.24, 2.45) is 5.92 Å². The predicted octanol–water partition coefficient (Wildman–Crippen LogP) is 1.77. The van der Waals surface area contributed by atoms with Crippen molar-refractivity contribution in [1.82, 2.24) is 36.3 Å². The number of aliphatic hydroxyl groups is 1. The van der Waals surface area contributed by atoms with Crippen LogP contribution in [0.2, 0.25) is 5.02 Å². The summed E-state index contributed by atoms with van der Waals surface area (Å²) < 4.78 is 7.54. The summed E-state index contributed by atoms with van der Waals surface area (Å²) in [6.07, 6.45) is 1.56. The maximum Gasteiger partial charge on any atom is 0.255 e. The van der Waals surface area contributed by atoms with E-state index in [9.17, 15) is 24.3 Å². The Kier molecular flexibility index (Phi) is 12.1. The largest absolute Gasteiger partial charge is 0.493 e. The number of nitrogens with one attached hydrogen (secondary N) is 4. The number of fused-ring (bicyclic) bond motifs is 3. The molecular weight excluding hydrogens is 614 g/mol. The lowest BCUT2D eigenvalue weighted by Gasteiger charge is -2.29. The summed E-state index contributed by atoms with van der Waals surface area (Å²) in [5, 5.41) is 30.0. The Morgan fingerprint density at radius 3 is 2.46 bits per heavy atom. The number of halogens is 1. The van der Waals surface area contributed by atoms with Crippen molar-refractivity contribution >= 4 is 35.2 Å². The average molecular weight is 654 g/mol. The molecule has 2 bridgehead atoms. The molecule has 2 aromatic carbocycles. The van der Waals surface area contributed by atoms with E-state index in [2.05, 4.69) is 31.6 Å². The van der Waals surface area contributed by atoms with Crippen LogP contribution in [0.4, 0.5) is 0 Å². The van der Waals surface area contributed by atoms with Gasteiger partial charge in [-0.15, -0.1) is 5.10 Å². The van der Waals surface area contributed by atoms with Gasteiger partial charge in [0.2, 0.25) is 17.7 Å². The molecule has 13 nitrogen and oxygen atoms in total. The molecule has 0 saturated carbocycles. The number of nitrogens with zero attached hydrogens (tertiary/aromatic N) is 3. The molecule has 14 heteroatoms. The summed E-state index contributed by atoms with van der Waals surface area (Å²) in [7, 11) is 0. The van der Waals surface area contributed by atoms with Gasteiger partial charge in [0.15, 0.2) is 0 Å². The van der Waals surface area contributed by atoms with Crippen molar-refractivity contribution in [1.29, 1.82) is 0 Å². The van der Waals surface area contributed by atoms with Gasteiger partial charge in [0.1, 0.15) is 29.6 Å². The normalized spacial score (nSPS) is 21.6. The predicted molar refractivity (Wildman–Crippen MR) is 170 cm³/mol. The first-order valence-electron chi connectivity index (χ1n) is 15.3. The summed E-state index contributed by atoms with van der Waals surface area (Å²) in [4.78, 5) is 54.1. The quantitative estimate of drug-likeness (QED) is 0.277. The van der Waals surface area contributed by atoms with Gasteiger partial charge < -0.3 is 31.1 Å². The van der Waals surface area contributed by atoms with Crippen LogP contribution in [0.5, 0.6) is 5.75 Å². The third-order valence-corrected chi connectivity index (χ3v) is 8.00. The minimum absolute atomic E-state index is 0.0588. The second kappa shape index (κ2) is 16.2. The number of hydrogen-bond acceptors (Lipinski definition) is 8. The molecule has 5 N–H and O–H groups in total. The van der Waals surface area contributed by atoms with Crippen molar-refractivity contribution in [2.75, 3.05) is 6.61 Å². The molecule has 246 valence electrons. The highest BCUT2D eigenvalue weighted by Crippen LogP contribution is 2.24. The van der Waals surface area contributed by atoms with Gasteiger partial charge in [-0.05, 0) is 36.6 Å². The van der Waals surface area contributed by atoms with Crippen LogP contribution in [-0.2, 0) is 33.9 Å². The number of amides is 4. The number of aryl methyl sites for hydroxylation is 1. The average Bonchev–Trinajstić information content (AvgIpc) is 3.50. The van der Waals surface area contributed by atoms with Gasteiger partial charge in [0.25, 0.3) is 5.91 Å². The van der Waals surface area contributed by atoms with E-state index in [0.717, 1.165) is 5.56 Å². The SMILES string of the molecule is CC[C@H](C)[C@@H]1NC(=O)c2ccc(Cl)cc2OCCCn2cc(nn2)CNC(=O)[C@H](Cc2ccccc2)NC(=O)[C@H]([C@@H](C)O)NC1=O. The number of carbonyl (C=O) groups is 4. The first-order chi connectivity index (χ1) is 22.0. The number of benzene rings is 2. The van der Waals surface area contributed by atoms with E-state index in [-0.39, 0.29) is 36.8 Å². The van der Waals surface area contributed by atoms with Gasteiger partial charge >= 0.3 is 0 Å². The molecule has 4 rings (SSSR count). The maximum atomic E-state index is 13.6. The first-order valence-corrected chi connectivity index (χ1v) is 15.7. The van der Waals surface area contributed by atoms with Crippen molar-refractivity contribution in [3.8, 4) is 5.75 Å². The van der Waals surface area contributed by atoms with E-state index in [4.69, 9.17) is 16.3 Å². The number of aromatic nitrogens is 3. The molecule has 0 unspecified atom stereocenters. The van der Waals surface area contributed by atoms with E-state index >= 15 is 0 Å². The number of aliphatic hydroxyl groups excluding tert-OH is 1. The molecule has 5 atom stereocenters. The molecule has 46 heavy (non-hydrogen) atoms. The molecule has 4 amide bonds. The van der Waals surface area contributed by atoms with E-state index in [0.29, 0.717) is 30.1 Å². The lowest BCUT2D eigenvalue weighted by molar-refractivity contribution is -0.135. The summed E-state index contributed by atoms with van der Waals surface area (Å²) in [5.74, 6) is -2.59. The number of rotatable bonds is 5. The fourth-order valence-electron chi connectivity index (χ4n) is 4.93. The second-order valence-electron chi connectivity index (χ2n) is 11.3. The second-order valence-corrected chi connectivity index (χ2v) is 11.8. The van der Waals surface area contributed by atoms with E-state index in [1.165, 1.54) is 19.1 Å². The summed E-state index contributed by atoms with van der Waals surface area (Å²) in [6.45, 7) is 5.75. The monoisotopic (exact) mass is 653 g/mol. The Morgan fingerprint density at radius 2 is 1.74 bits per heavy atom. The molecule has 0 saturated heterocycles. The van der Waals surface area contributed by atoms with Crippen LogP contribution in [0.1, 0.15) is 55.2 Å². The van der Waals surface area contributed by atoms with Crippen LogP contribution in [0.15, 0.2) is 54.7 Å². The van der Waals surface area contributed by atoms with Gasteiger partial charge in [0, 0.05) is 24.4 Å². The Morgan fingerprint density at radius 1 is 1.00 bits per heavy atom. The zero-order valence-electron chi connectivity index (χ0n) is 26.0. The standard InChI is InChI=1S/C32H40ClN7O6/c1-4-19(2)27-31(44)37-28(20(3)41)32(45)35-25(15-21-9-6-5-7-10-21)30(43)34-17-23-18-40(39-38-23)13-8-14-46-26-16-22(33)11-12-24(26)29(42)36-27/h5-7,9-12,16,18-20,25,27-28,41H,4,8,13-15,17H2,1-3H3,(H,34,43)(H,35,45)(H,36,42)(H,37,44)/t19-,20+,25-,27-,28-/m0/s1. The van der Waals surface area contributed by atoms with Crippen LogP contribution in [-0.4, -0.2) is 74.6 Å². The third kappa shape index (κ3) is 9.27. The summed E-state index contributed by atoms with van der Waals surface area (Å²) in [5.41, 5.74) is 1.47. The smallest absolute Gasteiger partial charge is 0.255 e. The zero-order valence-corrected chi connectivity index (χ0v) is 26.8. The number of ether oxygens (including phenoxy) is 1. The minimum Gasteiger partial charge on any atom is -0.493 e. The summed E-state index contributed by atoms with van der Waals surface area (Å²) >= 11 is 6.20. The molecule has 3 aromatic rings. The van der Waals surface area contributed by atoms with Crippen LogP contribution >= 0.6 is 11.6 Å². The minimum atomic E-state index is -1.43. The lowest BCUT2D eigenvalue weighted by atomic mass is 9.97. The molecule has 0 aliphatic carbocycles. The van der Waals surface area contributed by atoms with Crippen molar-refractivity contribution in [2.45, 2.75) is 77.4 Å². The van der Waals surface area contributed by atoms with Crippen molar-refractivity contribution < 1.29 is 29.0 Å². The van der Waals surface area contributed by atoms with Gasteiger partial charge in [-0.25, -0.2) is 0 Å². The zero-order chi connectivity index (χ0) is 33.2. The maximum absolute atomic E-state index is 13.6. The van der Waals surface area contributed by atoms with Gasteiger partial charge in [0.05, 0.1) is 31.0 Å². The molecule has 0 fully saturated rings. The van der Waals surface area contributed by atoms with Gasteiger partial charge in [-0.2, -0.15) is 0 Å². The molecule has 1 aliphatic heterocycles. The number of hydrogen-bond donors (Lipinski definition) is 5. The molecule has 0 spiro atoms. The van der Waals surface area contributed by atoms with E-state index in [1.54, 1.807) is 23.9 Å². The summed E-state index contributed by atoms with van der Waals surface area (Å²) in [6, 6.07) is 10.2. The van der Waals surface area contributed by atoms with Gasteiger partial charge in [-0.1, -0.05) is 67.4 Å². The first kappa shape index (κ1) is 34.4. The molecule has 1 aromatic heterocycles. The molecular formula is C32H40ClN7O6. The Bertz CT molecular complexity index is 1520. The molecule has 2 heterocycles. The van der Waals surface area contributed by atoms with E-state index < -0.39 is 47.9 Å². The highest BCUT2D eigenvalue weighted by atomic mass is 35.5. The molecule has 0 radical (unpaired) electrons. The van der Waals surface area contributed by atoms with Crippen LogP contribution in [0.3, 0.4) is 0 Å². The Labute approximate surface area is 272 Å². The highest BCUT2D eigenvalue weighted by Gasteiger charge is 2.34. The van der Waals surface area contributed by atoms with Crippen molar-refractivity contribution in [3.63, 3.8) is 0 Å². The van der Waals surface area contributed by atoms with E-state index in [1.807, 2.05) is 37.3 Å². The number of carbonyl (C=O) groups excluding carboxylic acids is 4. The Balaban J connectivity index is 1.66. The van der Waals surface area contributed by atoms with Crippen molar-refractivity contribution in [3.05, 3.63) is 76.6 Å². The third-order valence-electron chi connectivity index (χ3n) is 7.77. The van der Waals surface area contributed by atoms with Gasteiger partial charge in [-0.3, -0.25) is 23.9 Å².